The minimum Gasteiger partial charge on any atom is -0.289 e. The lowest BCUT2D eigenvalue weighted by atomic mass is 9.74. The second-order valence-electron chi connectivity index (χ2n) is 7.43. The molecule has 3 rings (SSSR count). The van der Waals surface area contributed by atoms with Crippen LogP contribution in [0.2, 0.25) is 0 Å². The monoisotopic (exact) mass is 264 g/mol. The van der Waals surface area contributed by atoms with Gasteiger partial charge in [-0.05, 0) is 51.6 Å². The van der Waals surface area contributed by atoms with E-state index in [2.05, 4.69) is 23.9 Å². The number of rotatable bonds is 2. The van der Waals surface area contributed by atoms with E-state index >= 15 is 0 Å². The Labute approximate surface area is 119 Å². The molecule has 2 saturated carbocycles. The summed E-state index contributed by atoms with van der Waals surface area (Å²) in [5.74, 6) is 1.96. The third-order valence-electron chi connectivity index (χ3n) is 6.08. The molecule has 2 atom stereocenters. The van der Waals surface area contributed by atoms with Crippen molar-refractivity contribution in [1.82, 2.24) is 9.80 Å². The molecule has 0 bridgehead atoms. The third kappa shape index (κ3) is 2.85. The molecule has 1 heterocycles. The van der Waals surface area contributed by atoms with Crippen LogP contribution in [0.25, 0.3) is 0 Å². The highest BCUT2D eigenvalue weighted by molar-refractivity contribution is 4.98. The normalized spacial score (nSPS) is 36.9. The van der Waals surface area contributed by atoms with Gasteiger partial charge in [-0.3, -0.25) is 9.80 Å². The number of hydrogen-bond acceptors (Lipinski definition) is 2. The number of hydrogen-bond donors (Lipinski definition) is 0. The summed E-state index contributed by atoms with van der Waals surface area (Å²) >= 11 is 0. The maximum atomic E-state index is 2.68. The first-order valence-electron chi connectivity index (χ1n) is 8.68. The summed E-state index contributed by atoms with van der Waals surface area (Å²) in [7, 11) is 4.75. The zero-order chi connectivity index (χ0) is 13.2. The highest BCUT2D eigenvalue weighted by Crippen LogP contribution is 2.40. The van der Waals surface area contributed by atoms with Crippen molar-refractivity contribution in [2.75, 3.05) is 20.8 Å². The molecule has 0 unspecified atom stereocenters. The molecule has 2 nitrogen and oxygen atoms in total. The molecule has 110 valence electrons. The first-order chi connectivity index (χ1) is 9.27. The lowest BCUT2D eigenvalue weighted by Crippen LogP contribution is -2.46. The van der Waals surface area contributed by atoms with Gasteiger partial charge in [0.2, 0.25) is 0 Å². The summed E-state index contributed by atoms with van der Waals surface area (Å²) < 4.78 is 0. The van der Waals surface area contributed by atoms with Crippen molar-refractivity contribution in [2.45, 2.75) is 76.3 Å². The van der Waals surface area contributed by atoms with Gasteiger partial charge in [0.1, 0.15) is 0 Å². The van der Waals surface area contributed by atoms with Crippen molar-refractivity contribution in [2.24, 2.45) is 11.8 Å². The number of likely N-dealkylation sites (N-methyl/N-ethyl adjacent to an activating group) is 2. The SMILES string of the molecule is CN1CN(C)[C@@H](C2CCCCC2)[C@H]1C1CCCCC1. The van der Waals surface area contributed by atoms with Gasteiger partial charge in [-0.15, -0.1) is 0 Å². The summed E-state index contributed by atoms with van der Waals surface area (Å²) in [5, 5.41) is 0. The molecule has 0 amide bonds. The van der Waals surface area contributed by atoms with E-state index in [-0.39, 0.29) is 0 Å². The molecule has 3 fully saturated rings. The van der Waals surface area contributed by atoms with Crippen molar-refractivity contribution in [3.63, 3.8) is 0 Å². The highest BCUT2D eigenvalue weighted by atomic mass is 15.4. The van der Waals surface area contributed by atoms with Crippen LogP contribution in [0.1, 0.15) is 64.2 Å². The molecule has 0 aromatic rings. The molecule has 1 saturated heterocycles. The van der Waals surface area contributed by atoms with Crippen LogP contribution in [0.15, 0.2) is 0 Å². The molecule has 0 aromatic heterocycles. The molecular weight excluding hydrogens is 232 g/mol. The fourth-order valence-electron chi connectivity index (χ4n) is 5.29. The Balaban J connectivity index is 1.73. The minimum absolute atomic E-state index is 0.855. The maximum Gasteiger partial charge on any atom is 0.0507 e. The summed E-state index contributed by atoms with van der Waals surface area (Å²) in [6.45, 7) is 1.20. The van der Waals surface area contributed by atoms with E-state index in [1.807, 2.05) is 0 Å². The highest BCUT2D eigenvalue weighted by Gasteiger charge is 2.44. The standard InChI is InChI=1S/C17H32N2/c1-18-13-19(2)17(15-11-7-4-8-12-15)16(18)14-9-5-3-6-10-14/h14-17H,3-13H2,1-2H3/t16-,17+. The first kappa shape index (κ1) is 13.9. The number of nitrogens with zero attached hydrogens (tertiary/aromatic N) is 2. The zero-order valence-corrected chi connectivity index (χ0v) is 13.0. The minimum atomic E-state index is 0.855. The van der Waals surface area contributed by atoms with E-state index in [0.29, 0.717) is 0 Å². The van der Waals surface area contributed by atoms with Crippen molar-refractivity contribution < 1.29 is 0 Å². The fourth-order valence-corrected chi connectivity index (χ4v) is 5.29. The Morgan fingerprint density at radius 3 is 1.32 bits per heavy atom. The molecule has 0 N–H and O–H groups in total. The summed E-state index contributed by atoms with van der Waals surface area (Å²) in [6, 6.07) is 1.71. The Morgan fingerprint density at radius 2 is 0.947 bits per heavy atom. The van der Waals surface area contributed by atoms with E-state index < -0.39 is 0 Å². The molecular formula is C17H32N2. The van der Waals surface area contributed by atoms with Crippen molar-refractivity contribution in [3.05, 3.63) is 0 Å². The van der Waals surface area contributed by atoms with Crippen LogP contribution in [0, 0.1) is 11.8 Å². The van der Waals surface area contributed by atoms with Crippen LogP contribution in [0.4, 0.5) is 0 Å². The Hall–Kier alpha value is -0.0800. The van der Waals surface area contributed by atoms with Gasteiger partial charge in [-0.1, -0.05) is 38.5 Å². The topological polar surface area (TPSA) is 6.48 Å². The smallest absolute Gasteiger partial charge is 0.0507 e. The molecule has 2 heteroatoms. The molecule has 2 aliphatic carbocycles. The average Bonchev–Trinajstić information content (AvgIpc) is 2.75. The Kier molecular flexibility index (Phi) is 4.48. The van der Waals surface area contributed by atoms with Crippen molar-refractivity contribution >= 4 is 0 Å². The molecule has 0 aromatic carbocycles. The first-order valence-corrected chi connectivity index (χ1v) is 8.68. The fraction of sp³-hybridized carbons (Fsp3) is 1.00. The van der Waals surface area contributed by atoms with Crippen LogP contribution >= 0.6 is 0 Å². The van der Waals surface area contributed by atoms with Gasteiger partial charge in [-0.2, -0.15) is 0 Å². The molecule has 19 heavy (non-hydrogen) atoms. The van der Waals surface area contributed by atoms with Gasteiger partial charge in [0, 0.05) is 12.1 Å². The average molecular weight is 264 g/mol. The predicted octanol–water partition coefficient (Wildman–Crippen LogP) is 3.72. The van der Waals surface area contributed by atoms with Crippen LogP contribution in [-0.4, -0.2) is 42.6 Å². The molecule has 0 radical (unpaired) electrons. The zero-order valence-electron chi connectivity index (χ0n) is 13.0. The quantitative estimate of drug-likeness (QED) is 0.750. The molecule has 3 aliphatic rings. The van der Waals surface area contributed by atoms with Gasteiger partial charge < -0.3 is 0 Å². The molecule has 0 spiro atoms. The third-order valence-corrected chi connectivity index (χ3v) is 6.08. The van der Waals surface area contributed by atoms with Crippen LogP contribution in [0.5, 0.6) is 0 Å². The van der Waals surface area contributed by atoms with Gasteiger partial charge in [-0.25, -0.2) is 0 Å². The van der Waals surface area contributed by atoms with E-state index in [0.717, 1.165) is 23.9 Å². The van der Waals surface area contributed by atoms with Gasteiger partial charge in [0.15, 0.2) is 0 Å². The lowest BCUT2D eigenvalue weighted by Gasteiger charge is -2.40. The van der Waals surface area contributed by atoms with Gasteiger partial charge >= 0.3 is 0 Å². The second kappa shape index (κ2) is 6.13. The van der Waals surface area contributed by atoms with Gasteiger partial charge in [0.25, 0.3) is 0 Å². The van der Waals surface area contributed by atoms with Crippen LogP contribution < -0.4 is 0 Å². The van der Waals surface area contributed by atoms with Gasteiger partial charge in [0.05, 0.1) is 6.67 Å². The van der Waals surface area contributed by atoms with Crippen LogP contribution in [-0.2, 0) is 0 Å². The predicted molar refractivity (Wildman–Crippen MR) is 81.1 cm³/mol. The summed E-state index contributed by atoms with van der Waals surface area (Å²) in [4.78, 5) is 5.35. The van der Waals surface area contributed by atoms with E-state index in [4.69, 9.17) is 0 Å². The van der Waals surface area contributed by atoms with E-state index in [9.17, 15) is 0 Å². The largest absolute Gasteiger partial charge is 0.289 e. The Bertz CT molecular complexity index is 251. The second-order valence-corrected chi connectivity index (χ2v) is 7.43. The van der Waals surface area contributed by atoms with Crippen molar-refractivity contribution in [1.29, 1.82) is 0 Å². The van der Waals surface area contributed by atoms with Crippen LogP contribution in [0.3, 0.4) is 0 Å². The van der Waals surface area contributed by atoms with Crippen molar-refractivity contribution in [3.8, 4) is 0 Å². The van der Waals surface area contributed by atoms with E-state index in [1.165, 1.54) is 70.9 Å². The van der Waals surface area contributed by atoms with E-state index in [1.54, 1.807) is 0 Å². The maximum absolute atomic E-state index is 2.68. The molecule has 1 aliphatic heterocycles. The summed E-state index contributed by atoms with van der Waals surface area (Å²) in [5.41, 5.74) is 0. The Morgan fingerprint density at radius 1 is 0.579 bits per heavy atom. The summed E-state index contributed by atoms with van der Waals surface area (Å²) in [6.07, 6.45) is 14.9. The lowest BCUT2D eigenvalue weighted by molar-refractivity contribution is 0.122.